The third-order valence-electron chi connectivity index (χ3n) is 6.17. The molecular weight excluding hydrogens is 438 g/mol. The summed E-state index contributed by atoms with van der Waals surface area (Å²) in [6.07, 6.45) is 7.60. The number of carbonyl (C=O) groups is 2. The Morgan fingerprint density at radius 1 is 1.24 bits per heavy atom. The van der Waals surface area contributed by atoms with Crippen molar-refractivity contribution < 1.29 is 19.1 Å². The Morgan fingerprint density at radius 3 is 2.65 bits per heavy atom. The predicted octanol–water partition coefficient (Wildman–Crippen LogP) is 3.15. The lowest BCUT2D eigenvalue weighted by Gasteiger charge is -2.32. The molecule has 0 bridgehead atoms. The molecule has 0 unspecified atom stereocenters. The Morgan fingerprint density at radius 2 is 1.97 bits per heavy atom. The van der Waals surface area contributed by atoms with Gasteiger partial charge in [0.1, 0.15) is 5.65 Å². The topological polar surface area (TPSA) is 117 Å². The van der Waals surface area contributed by atoms with E-state index < -0.39 is 23.6 Å². The molecule has 10 nitrogen and oxygen atoms in total. The van der Waals surface area contributed by atoms with Crippen molar-refractivity contribution in [1.82, 2.24) is 24.6 Å². The summed E-state index contributed by atoms with van der Waals surface area (Å²) >= 11 is 0. The first-order chi connectivity index (χ1) is 16.2. The van der Waals surface area contributed by atoms with E-state index in [1.165, 1.54) is 17.9 Å². The molecule has 10 heteroatoms. The van der Waals surface area contributed by atoms with Gasteiger partial charge in [-0.2, -0.15) is 5.10 Å². The number of hydrogen-bond donors (Lipinski definition) is 1. The quantitative estimate of drug-likeness (QED) is 0.553. The normalized spacial score (nSPS) is 15.0. The number of nitrogens with zero attached hydrogens (tertiary/aromatic N) is 4. The number of aromatic nitrogens is 4. The fourth-order valence-corrected chi connectivity index (χ4v) is 4.63. The average molecular weight is 468 g/mol. The Labute approximate surface area is 196 Å². The summed E-state index contributed by atoms with van der Waals surface area (Å²) in [4.78, 5) is 41.9. The lowest BCUT2D eigenvalue weighted by molar-refractivity contribution is 0.0718. The summed E-state index contributed by atoms with van der Waals surface area (Å²) in [7, 11) is 1.41. The number of amides is 1. The van der Waals surface area contributed by atoms with Crippen LogP contribution in [0.15, 0.2) is 35.5 Å². The van der Waals surface area contributed by atoms with Crippen LogP contribution in [0.4, 0.5) is 4.79 Å². The minimum atomic E-state index is -1.01. The van der Waals surface area contributed by atoms with E-state index in [0.29, 0.717) is 6.54 Å². The van der Waals surface area contributed by atoms with Gasteiger partial charge in [0.15, 0.2) is 5.69 Å². The summed E-state index contributed by atoms with van der Waals surface area (Å²) in [6.45, 7) is 5.76. The zero-order chi connectivity index (χ0) is 24.5. The lowest BCUT2D eigenvalue weighted by Crippen LogP contribution is -2.38. The fourth-order valence-electron chi connectivity index (χ4n) is 4.63. The molecule has 3 heterocycles. The first-order valence-corrected chi connectivity index (χ1v) is 11.4. The number of pyridine rings is 1. The second-order valence-corrected chi connectivity index (χ2v) is 8.95. The third kappa shape index (κ3) is 4.40. The van der Waals surface area contributed by atoms with E-state index in [0.717, 1.165) is 42.3 Å². The van der Waals surface area contributed by atoms with Gasteiger partial charge in [-0.3, -0.25) is 14.3 Å². The van der Waals surface area contributed by atoms with Gasteiger partial charge in [0, 0.05) is 24.8 Å². The van der Waals surface area contributed by atoms with E-state index in [4.69, 9.17) is 9.47 Å². The number of hydrogen-bond acceptors (Lipinski definition) is 7. The highest BCUT2D eigenvalue weighted by Crippen LogP contribution is 2.40. The number of rotatable bonds is 6. The van der Waals surface area contributed by atoms with E-state index in [2.05, 4.69) is 33.1 Å². The molecule has 3 aromatic heterocycles. The van der Waals surface area contributed by atoms with Crippen molar-refractivity contribution in [1.29, 1.82) is 0 Å². The van der Waals surface area contributed by atoms with Gasteiger partial charge in [-0.15, -0.1) is 0 Å². The Hall–Kier alpha value is -3.69. The van der Waals surface area contributed by atoms with Gasteiger partial charge in [-0.1, -0.05) is 12.8 Å². The molecule has 1 fully saturated rings. The molecule has 1 saturated carbocycles. The van der Waals surface area contributed by atoms with Crippen LogP contribution in [0.25, 0.3) is 11.0 Å². The standard InChI is InChI=1S/C24H29N5O5/c1-15(2)33-23(32)34-18-13-28(27-19(20(18)30)22(31)25-4)14-24(9-5-6-10-24)29-12-16(3)17-8-7-11-26-21(17)29/h7-8,11-13,15H,5-6,9-10,14H2,1-4H3,(H,25,31). The Balaban J connectivity index is 1.79. The summed E-state index contributed by atoms with van der Waals surface area (Å²) in [6, 6.07) is 3.96. The van der Waals surface area contributed by atoms with E-state index in [1.807, 2.05) is 12.1 Å². The van der Waals surface area contributed by atoms with Crippen molar-refractivity contribution in [3.05, 3.63) is 52.2 Å². The molecule has 1 amide bonds. The van der Waals surface area contributed by atoms with Crippen LogP contribution in [0.3, 0.4) is 0 Å². The minimum Gasteiger partial charge on any atom is -0.431 e. The molecule has 4 rings (SSSR count). The highest BCUT2D eigenvalue weighted by Gasteiger charge is 2.38. The van der Waals surface area contributed by atoms with Crippen LogP contribution in [0.1, 0.15) is 55.6 Å². The first kappa shape index (κ1) is 23.5. The maximum Gasteiger partial charge on any atom is 0.514 e. The zero-order valence-corrected chi connectivity index (χ0v) is 19.8. The molecule has 1 N–H and O–H groups in total. The van der Waals surface area contributed by atoms with Crippen LogP contribution < -0.4 is 15.5 Å². The first-order valence-electron chi connectivity index (χ1n) is 11.4. The zero-order valence-electron chi connectivity index (χ0n) is 19.8. The maximum absolute atomic E-state index is 12.8. The molecule has 180 valence electrons. The molecule has 0 atom stereocenters. The Kier molecular flexibility index (Phi) is 6.41. The number of aryl methyl sites for hydroxylation is 1. The molecule has 1 aliphatic carbocycles. The van der Waals surface area contributed by atoms with Gasteiger partial charge in [0.25, 0.3) is 11.3 Å². The molecule has 1 aliphatic rings. The highest BCUT2D eigenvalue weighted by molar-refractivity contribution is 5.92. The number of fused-ring (bicyclic) bond motifs is 1. The van der Waals surface area contributed by atoms with Crippen LogP contribution in [0, 0.1) is 6.92 Å². The van der Waals surface area contributed by atoms with Crippen LogP contribution >= 0.6 is 0 Å². The van der Waals surface area contributed by atoms with Crippen molar-refractivity contribution in [2.45, 2.75) is 64.6 Å². The Bertz CT molecular complexity index is 1290. The van der Waals surface area contributed by atoms with Crippen molar-refractivity contribution in [2.75, 3.05) is 7.05 Å². The van der Waals surface area contributed by atoms with Gasteiger partial charge < -0.3 is 19.4 Å². The smallest absolute Gasteiger partial charge is 0.431 e. The summed E-state index contributed by atoms with van der Waals surface area (Å²) in [5.41, 5.74) is 0.511. The summed E-state index contributed by atoms with van der Waals surface area (Å²) < 4.78 is 13.9. The van der Waals surface area contributed by atoms with E-state index in [1.54, 1.807) is 20.0 Å². The molecule has 0 radical (unpaired) electrons. The van der Waals surface area contributed by atoms with Crippen LogP contribution in [-0.2, 0) is 16.8 Å². The van der Waals surface area contributed by atoms with Crippen LogP contribution in [0.2, 0.25) is 0 Å². The number of nitrogens with one attached hydrogen (secondary N) is 1. The maximum atomic E-state index is 12.8. The van der Waals surface area contributed by atoms with Crippen molar-refractivity contribution in [2.24, 2.45) is 0 Å². The lowest BCUT2D eigenvalue weighted by atomic mass is 9.97. The van der Waals surface area contributed by atoms with Crippen LogP contribution in [-0.4, -0.2) is 44.5 Å². The van der Waals surface area contributed by atoms with Gasteiger partial charge in [-0.05, 0) is 51.3 Å². The van der Waals surface area contributed by atoms with Gasteiger partial charge >= 0.3 is 6.16 Å². The molecule has 0 saturated heterocycles. The van der Waals surface area contributed by atoms with Crippen molar-refractivity contribution in [3.8, 4) is 5.75 Å². The van der Waals surface area contributed by atoms with Gasteiger partial charge in [0.05, 0.1) is 24.4 Å². The van der Waals surface area contributed by atoms with Crippen LogP contribution in [0.5, 0.6) is 5.75 Å². The highest BCUT2D eigenvalue weighted by atomic mass is 16.7. The fraction of sp³-hybridized carbons (Fsp3) is 0.458. The summed E-state index contributed by atoms with van der Waals surface area (Å²) in [5.74, 6) is -0.968. The van der Waals surface area contributed by atoms with Gasteiger partial charge in [0.2, 0.25) is 5.75 Å². The van der Waals surface area contributed by atoms with E-state index >= 15 is 0 Å². The summed E-state index contributed by atoms with van der Waals surface area (Å²) in [5, 5.41) is 7.82. The van der Waals surface area contributed by atoms with E-state index in [-0.39, 0.29) is 17.0 Å². The molecule has 0 aliphatic heterocycles. The minimum absolute atomic E-state index is 0.306. The average Bonchev–Trinajstić information content (AvgIpc) is 3.40. The second-order valence-electron chi connectivity index (χ2n) is 8.95. The van der Waals surface area contributed by atoms with Crippen molar-refractivity contribution in [3.63, 3.8) is 0 Å². The molecular formula is C24H29N5O5. The van der Waals surface area contributed by atoms with Crippen molar-refractivity contribution >= 4 is 23.1 Å². The third-order valence-corrected chi connectivity index (χ3v) is 6.17. The molecule has 34 heavy (non-hydrogen) atoms. The second kappa shape index (κ2) is 9.28. The molecule has 0 aromatic carbocycles. The van der Waals surface area contributed by atoms with E-state index in [9.17, 15) is 14.4 Å². The monoisotopic (exact) mass is 467 g/mol. The SMILES string of the molecule is CNC(=O)c1nn(CC2(n3cc(C)c4cccnc43)CCCC2)cc(OC(=O)OC(C)C)c1=O. The van der Waals surface area contributed by atoms with Gasteiger partial charge in [-0.25, -0.2) is 9.78 Å². The molecule has 3 aromatic rings. The predicted molar refractivity (Wildman–Crippen MR) is 125 cm³/mol. The molecule has 0 spiro atoms. The number of ether oxygens (including phenoxy) is 2. The number of carbonyl (C=O) groups excluding carboxylic acids is 2. The largest absolute Gasteiger partial charge is 0.514 e.